The third-order valence-electron chi connectivity index (χ3n) is 2.38. The number of carbonyl (C=O) groups is 1. The van der Waals surface area contributed by atoms with E-state index in [1.807, 2.05) is 6.07 Å². The molecule has 2 rings (SSSR count). The third-order valence-corrected chi connectivity index (χ3v) is 2.38. The molecule has 0 unspecified atom stereocenters. The van der Waals surface area contributed by atoms with Gasteiger partial charge in [0.1, 0.15) is 24.1 Å². The smallest absolute Gasteiger partial charge is 0.153 e. The van der Waals surface area contributed by atoms with Crippen molar-refractivity contribution in [1.82, 2.24) is 4.98 Å². The number of nitrogens with zero attached hydrogens (tertiary/aromatic N) is 2. The fourth-order valence-corrected chi connectivity index (χ4v) is 1.50. The highest BCUT2D eigenvalue weighted by molar-refractivity contribution is 5.79. The molecule has 0 aliphatic heterocycles. The van der Waals surface area contributed by atoms with Gasteiger partial charge < -0.3 is 4.74 Å². The standard InChI is InChI=1S/C14H10N2O2/c15-8-13-7-11(5-6-16-13)10-18-14-4-2-1-3-12(14)9-17/h1-7,9H,10H2. The van der Waals surface area contributed by atoms with Crippen LogP contribution in [0.5, 0.6) is 5.75 Å². The SMILES string of the molecule is N#Cc1cc(COc2ccccc2C=O)ccn1. The topological polar surface area (TPSA) is 63.0 Å². The Morgan fingerprint density at radius 1 is 1.33 bits per heavy atom. The zero-order chi connectivity index (χ0) is 12.8. The Hall–Kier alpha value is -2.67. The molecule has 1 aromatic heterocycles. The molecule has 18 heavy (non-hydrogen) atoms. The van der Waals surface area contributed by atoms with Gasteiger partial charge in [-0.1, -0.05) is 12.1 Å². The molecule has 1 heterocycles. The second kappa shape index (κ2) is 5.60. The number of aldehydes is 1. The fourth-order valence-electron chi connectivity index (χ4n) is 1.50. The molecule has 0 saturated carbocycles. The molecule has 2 aromatic rings. The highest BCUT2D eigenvalue weighted by Gasteiger charge is 2.02. The van der Waals surface area contributed by atoms with Crippen molar-refractivity contribution in [2.24, 2.45) is 0 Å². The molecule has 0 N–H and O–H groups in total. The summed E-state index contributed by atoms with van der Waals surface area (Å²) in [5, 5.41) is 8.73. The summed E-state index contributed by atoms with van der Waals surface area (Å²) in [6.45, 7) is 0.294. The monoisotopic (exact) mass is 238 g/mol. The second-order valence-corrected chi connectivity index (χ2v) is 3.61. The minimum atomic E-state index is 0.294. The van der Waals surface area contributed by atoms with Gasteiger partial charge in [0.2, 0.25) is 0 Å². The number of aromatic nitrogens is 1. The van der Waals surface area contributed by atoms with Crippen molar-refractivity contribution < 1.29 is 9.53 Å². The van der Waals surface area contributed by atoms with Gasteiger partial charge in [-0.3, -0.25) is 4.79 Å². The van der Waals surface area contributed by atoms with Crippen molar-refractivity contribution in [3.8, 4) is 11.8 Å². The van der Waals surface area contributed by atoms with E-state index in [0.717, 1.165) is 11.8 Å². The normalized spacial score (nSPS) is 9.50. The zero-order valence-corrected chi connectivity index (χ0v) is 9.54. The highest BCUT2D eigenvalue weighted by Crippen LogP contribution is 2.17. The van der Waals surface area contributed by atoms with Crippen LogP contribution in [0.25, 0.3) is 0 Å². The van der Waals surface area contributed by atoms with Gasteiger partial charge in [0.25, 0.3) is 0 Å². The van der Waals surface area contributed by atoms with Crippen LogP contribution >= 0.6 is 0 Å². The maximum absolute atomic E-state index is 10.8. The molecule has 4 nitrogen and oxygen atoms in total. The van der Waals surface area contributed by atoms with Gasteiger partial charge in [-0.25, -0.2) is 4.98 Å². The number of rotatable bonds is 4. The quantitative estimate of drug-likeness (QED) is 0.767. The van der Waals surface area contributed by atoms with Gasteiger partial charge in [-0.2, -0.15) is 5.26 Å². The molecule has 0 aliphatic carbocycles. The van der Waals surface area contributed by atoms with Crippen LogP contribution in [-0.4, -0.2) is 11.3 Å². The van der Waals surface area contributed by atoms with Crippen LogP contribution in [0.1, 0.15) is 21.6 Å². The molecule has 0 amide bonds. The maximum atomic E-state index is 10.8. The minimum Gasteiger partial charge on any atom is -0.488 e. The molecule has 0 atom stereocenters. The summed E-state index contributed by atoms with van der Waals surface area (Å²) in [6.07, 6.45) is 2.31. The lowest BCUT2D eigenvalue weighted by molar-refractivity contribution is 0.111. The van der Waals surface area contributed by atoms with Crippen molar-refractivity contribution in [2.45, 2.75) is 6.61 Å². The Kier molecular flexibility index (Phi) is 3.67. The van der Waals surface area contributed by atoms with Gasteiger partial charge in [0, 0.05) is 6.20 Å². The zero-order valence-electron chi connectivity index (χ0n) is 9.54. The van der Waals surface area contributed by atoms with E-state index in [2.05, 4.69) is 4.98 Å². The Morgan fingerprint density at radius 2 is 2.17 bits per heavy atom. The summed E-state index contributed by atoms with van der Waals surface area (Å²) in [5.41, 5.74) is 1.69. The van der Waals surface area contributed by atoms with Crippen LogP contribution in [0, 0.1) is 11.3 Å². The average Bonchev–Trinajstić information content (AvgIpc) is 2.45. The predicted octanol–water partition coefficient (Wildman–Crippen LogP) is 2.34. The summed E-state index contributed by atoms with van der Waals surface area (Å²) >= 11 is 0. The molecule has 0 saturated heterocycles. The first-order valence-electron chi connectivity index (χ1n) is 5.35. The molecule has 0 aliphatic rings. The van der Waals surface area contributed by atoms with Gasteiger partial charge in [0.05, 0.1) is 5.56 Å². The number of carbonyl (C=O) groups excluding carboxylic acids is 1. The Morgan fingerprint density at radius 3 is 2.94 bits per heavy atom. The molecule has 0 bridgehead atoms. The maximum Gasteiger partial charge on any atom is 0.153 e. The van der Waals surface area contributed by atoms with Crippen LogP contribution in [0.15, 0.2) is 42.6 Å². The lowest BCUT2D eigenvalue weighted by Gasteiger charge is -2.08. The molecule has 88 valence electrons. The van der Waals surface area contributed by atoms with Crippen LogP contribution in [0.4, 0.5) is 0 Å². The van der Waals surface area contributed by atoms with E-state index in [4.69, 9.17) is 10.00 Å². The van der Waals surface area contributed by atoms with Crippen molar-refractivity contribution >= 4 is 6.29 Å². The summed E-state index contributed by atoms with van der Waals surface area (Å²) in [5.74, 6) is 0.530. The van der Waals surface area contributed by atoms with E-state index in [1.165, 1.54) is 0 Å². The summed E-state index contributed by atoms with van der Waals surface area (Å²) in [6, 6.07) is 12.4. The van der Waals surface area contributed by atoms with Crippen LogP contribution in [-0.2, 0) is 6.61 Å². The first kappa shape index (κ1) is 11.8. The van der Waals surface area contributed by atoms with E-state index < -0.39 is 0 Å². The summed E-state index contributed by atoms with van der Waals surface area (Å²) < 4.78 is 5.55. The van der Waals surface area contributed by atoms with E-state index in [9.17, 15) is 4.79 Å². The van der Waals surface area contributed by atoms with Gasteiger partial charge in [0.15, 0.2) is 6.29 Å². The van der Waals surface area contributed by atoms with Gasteiger partial charge in [-0.05, 0) is 29.8 Å². The Labute approximate surface area is 104 Å². The van der Waals surface area contributed by atoms with Crippen LogP contribution < -0.4 is 4.74 Å². The number of benzene rings is 1. The van der Waals surface area contributed by atoms with Crippen LogP contribution in [0.3, 0.4) is 0 Å². The van der Waals surface area contributed by atoms with Gasteiger partial charge >= 0.3 is 0 Å². The minimum absolute atomic E-state index is 0.294. The number of nitriles is 1. The van der Waals surface area contributed by atoms with E-state index >= 15 is 0 Å². The molecule has 0 spiro atoms. The van der Waals surface area contributed by atoms with E-state index in [1.54, 1.807) is 42.6 Å². The summed E-state index contributed by atoms with van der Waals surface area (Å²) in [7, 11) is 0. The summed E-state index contributed by atoms with van der Waals surface area (Å²) in [4.78, 5) is 14.7. The first-order chi connectivity index (χ1) is 8.83. The Balaban J connectivity index is 2.11. The van der Waals surface area contributed by atoms with Gasteiger partial charge in [-0.15, -0.1) is 0 Å². The molecule has 0 radical (unpaired) electrons. The average molecular weight is 238 g/mol. The van der Waals surface area contributed by atoms with E-state index in [-0.39, 0.29) is 0 Å². The van der Waals surface area contributed by atoms with Crippen molar-refractivity contribution in [1.29, 1.82) is 5.26 Å². The van der Waals surface area contributed by atoms with Crippen LogP contribution in [0.2, 0.25) is 0 Å². The number of pyridine rings is 1. The van der Waals surface area contributed by atoms with Crippen molar-refractivity contribution in [2.75, 3.05) is 0 Å². The van der Waals surface area contributed by atoms with Crippen molar-refractivity contribution in [3.05, 3.63) is 59.4 Å². The predicted molar refractivity (Wildman–Crippen MR) is 65.1 cm³/mol. The van der Waals surface area contributed by atoms with Crippen molar-refractivity contribution in [3.63, 3.8) is 0 Å². The second-order valence-electron chi connectivity index (χ2n) is 3.61. The molecule has 1 aromatic carbocycles. The fraction of sp³-hybridized carbons (Fsp3) is 0.0714. The highest BCUT2D eigenvalue weighted by atomic mass is 16.5. The largest absolute Gasteiger partial charge is 0.488 e. The molecule has 4 heteroatoms. The Bertz CT molecular complexity index is 603. The lowest BCUT2D eigenvalue weighted by Crippen LogP contribution is -1.99. The first-order valence-corrected chi connectivity index (χ1v) is 5.35. The molecular weight excluding hydrogens is 228 g/mol. The lowest BCUT2D eigenvalue weighted by atomic mass is 10.2. The number of para-hydroxylation sites is 1. The number of ether oxygens (including phenoxy) is 1. The molecule has 0 fully saturated rings. The third kappa shape index (κ3) is 2.71. The molecular formula is C14H10N2O2. The van der Waals surface area contributed by atoms with E-state index in [0.29, 0.717) is 23.6 Å². The number of hydrogen-bond donors (Lipinski definition) is 0. The number of hydrogen-bond acceptors (Lipinski definition) is 4.